The molecular weight excluding hydrogens is 385 g/mol. The maximum absolute atomic E-state index is 11.5. The highest BCUT2D eigenvalue weighted by Crippen LogP contribution is 2.29. The molecule has 1 atom stereocenters. The Hall–Kier alpha value is -1.28. The SMILES string of the molecule is CCC(=O)N[C@@H](NC(=S)Nc1cccc(C(=O)O)c1)C(Cl)(Cl)Cl. The summed E-state index contributed by atoms with van der Waals surface area (Å²) in [5, 5.41) is 16.9. The van der Waals surface area contributed by atoms with Gasteiger partial charge in [0.2, 0.25) is 9.70 Å². The molecule has 0 aliphatic rings. The van der Waals surface area contributed by atoms with Gasteiger partial charge in [-0.2, -0.15) is 0 Å². The Kier molecular flexibility index (Phi) is 7.34. The Morgan fingerprint density at radius 3 is 2.48 bits per heavy atom. The lowest BCUT2D eigenvalue weighted by atomic mass is 10.2. The number of nitrogens with one attached hydrogen (secondary N) is 3. The van der Waals surface area contributed by atoms with Crippen LogP contribution in [0.2, 0.25) is 0 Å². The van der Waals surface area contributed by atoms with E-state index in [-0.39, 0.29) is 23.0 Å². The van der Waals surface area contributed by atoms with Crippen LogP contribution in [0.4, 0.5) is 5.69 Å². The molecule has 0 radical (unpaired) electrons. The molecule has 1 amide bonds. The fourth-order valence-electron chi connectivity index (χ4n) is 1.49. The number of carboxylic acid groups (broad SMARTS) is 1. The second kappa shape index (κ2) is 8.54. The standard InChI is InChI=1S/C13H14Cl3N3O3S/c1-2-9(20)18-11(13(14,15)16)19-12(23)17-8-5-3-4-7(6-8)10(21)22/h3-6,11H,2H2,1H3,(H,18,20)(H,21,22)(H2,17,19,23)/t11-/m0/s1. The van der Waals surface area contributed by atoms with Crippen LogP contribution in [0.5, 0.6) is 0 Å². The van der Waals surface area contributed by atoms with Crippen LogP contribution < -0.4 is 16.0 Å². The summed E-state index contributed by atoms with van der Waals surface area (Å²) >= 11 is 22.5. The summed E-state index contributed by atoms with van der Waals surface area (Å²) in [5.41, 5.74) is 0.530. The highest BCUT2D eigenvalue weighted by Gasteiger charge is 2.34. The van der Waals surface area contributed by atoms with Crippen molar-refractivity contribution in [2.75, 3.05) is 5.32 Å². The molecule has 0 aliphatic heterocycles. The molecule has 0 saturated heterocycles. The van der Waals surface area contributed by atoms with Crippen LogP contribution in [0.3, 0.4) is 0 Å². The van der Waals surface area contributed by atoms with Crippen molar-refractivity contribution < 1.29 is 14.7 Å². The van der Waals surface area contributed by atoms with Crippen LogP contribution in [0.1, 0.15) is 23.7 Å². The molecule has 0 aliphatic carbocycles. The van der Waals surface area contributed by atoms with Gasteiger partial charge < -0.3 is 21.1 Å². The lowest BCUT2D eigenvalue weighted by molar-refractivity contribution is -0.121. The van der Waals surface area contributed by atoms with Gasteiger partial charge in [-0.25, -0.2) is 4.79 Å². The van der Waals surface area contributed by atoms with Gasteiger partial charge in [0.05, 0.1) is 5.56 Å². The maximum atomic E-state index is 11.5. The molecule has 0 unspecified atom stereocenters. The van der Waals surface area contributed by atoms with E-state index in [9.17, 15) is 9.59 Å². The number of anilines is 1. The number of alkyl halides is 3. The van der Waals surface area contributed by atoms with Crippen molar-refractivity contribution >= 4 is 69.7 Å². The van der Waals surface area contributed by atoms with E-state index >= 15 is 0 Å². The molecule has 126 valence electrons. The van der Waals surface area contributed by atoms with Gasteiger partial charge in [-0.15, -0.1) is 0 Å². The predicted molar refractivity (Wildman–Crippen MR) is 95.3 cm³/mol. The summed E-state index contributed by atoms with van der Waals surface area (Å²) in [7, 11) is 0. The molecule has 4 N–H and O–H groups in total. The minimum atomic E-state index is -1.83. The molecule has 1 rings (SSSR count). The van der Waals surface area contributed by atoms with Crippen molar-refractivity contribution in [3.8, 4) is 0 Å². The summed E-state index contributed by atoms with van der Waals surface area (Å²) in [6, 6.07) is 6.01. The second-order valence-corrected chi connectivity index (χ2v) is 7.16. The van der Waals surface area contributed by atoms with Crippen LogP contribution >= 0.6 is 47.0 Å². The summed E-state index contributed by atoms with van der Waals surface area (Å²) < 4.78 is -1.83. The van der Waals surface area contributed by atoms with Crippen molar-refractivity contribution in [1.29, 1.82) is 0 Å². The number of hydrogen-bond donors (Lipinski definition) is 4. The lowest BCUT2D eigenvalue weighted by Gasteiger charge is -2.27. The quantitative estimate of drug-likeness (QED) is 0.346. The van der Waals surface area contributed by atoms with E-state index in [1.807, 2.05) is 0 Å². The summed E-state index contributed by atoms with van der Waals surface area (Å²) in [4.78, 5) is 22.4. The monoisotopic (exact) mass is 397 g/mol. The lowest BCUT2D eigenvalue weighted by Crippen LogP contribution is -2.56. The van der Waals surface area contributed by atoms with E-state index in [0.717, 1.165) is 0 Å². The van der Waals surface area contributed by atoms with Gasteiger partial charge in [-0.1, -0.05) is 47.8 Å². The first-order chi connectivity index (χ1) is 10.6. The number of thiocarbonyl (C=S) groups is 1. The Morgan fingerprint density at radius 2 is 1.96 bits per heavy atom. The van der Waals surface area contributed by atoms with E-state index in [2.05, 4.69) is 16.0 Å². The number of halogens is 3. The van der Waals surface area contributed by atoms with Gasteiger partial charge in [0.15, 0.2) is 5.11 Å². The smallest absolute Gasteiger partial charge is 0.335 e. The maximum Gasteiger partial charge on any atom is 0.335 e. The Balaban J connectivity index is 2.77. The van der Waals surface area contributed by atoms with Crippen LogP contribution in [-0.4, -0.2) is 32.1 Å². The highest BCUT2D eigenvalue weighted by atomic mass is 35.6. The number of rotatable bonds is 5. The molecule has 10 heteroatoms. The summed E-state index contributed by atoms with van der Waals surface area (Å²) in [6.45, 7) is 1.65. The van der Waals surface area contributed by atoms with Crippen molar-refractivity contribution in [2.45, 2.75) is 23.3 Å². The molecule has 0 aromatic heterocycles. The molecule has 1 aromatic rings. The largest absolute Gasteiger partial charge is 0.478 e. The van der Waals surface area contributed by atoms with Gasteiger partial charge in [0.25, 0.3) is 0 Å². The van der Waals surface area contributed by atoms with Gasteiger partial charge in [-0.05, 0) is 30.4 Å². The zero-order valence-corrected chi connectivity index (χ0v) is 15.0. The first kappa shape index (κ1) is 19.8. The zero-order chi connectivity index (χ0) is 17.6. The third-order valence-corrected chi connectivity index (χ3v) is 3.47. The van der Waals surface area contributed by atoms with Crippen molar-refractivity contribution in [3.63, 3.8) is 0 Å². The minimum Gasteiger partial charge on any atom is -0.478 e. The number of benzene rings is 1. The van der Waals surface area contributed by atoms with E-state index in [1.165, 1.54) is 12.1 Å². The van der Waals surface area contributed by atoms with E-state index < -0.39 is 15.9 Å². The van der Waals surface area contributed by atoms with Crippen molar-refractivity contribution in [2.24, 2.45) is 0 Å². The van der Waals surface area contributed by atoms with Crippen molar-refractivity contribution in [3.05, 3.63) is 29.8 Å². The molecule has 0 heterocycles. The Labute approximate surface area is 153 Å². The third kappa shape index (κ3) is 6.78. The van der Waals surface area contributed by atoms with E-state index in [4.69, 9.17) is 52.1 Å². The molecule has 0 saturated carbocycles. The Bertz CT molecular complexity index is 608. The van der Waals surface area contributed by atoms with Crippen molar-refractivity contribution in [1.82, 2.24) is 10.6 Å². The minimum absolute atomic E-state index is 0.0558. The Morgan fingerprint density at radius 1 is 1.30 bits per heavy atom. The first-order valence-electron chi connectivity index (χ1n) is 6.40. The average molecular weight is 399 g/mol. The molecule has 0 fully saturated rings. The zero-order valence-electron chi connectivity index (χ0n) is 11.9. The van der Waals surface area contributed by atoms with Gasteiger partial charge in [0.1, 0.15) is 6.17 Å². The number of amides is 1. The molecule has 6 nitrogen and oxygen atoms in total. The molecule has 23 heavy (non-hydrogen) atoms. The number of carbonyl (C=O) groups excluding carboxylic acids is 1. The van der Waals surface area contributed by atoms with Crippen LogP contribution in [-0.2, 0) is 4.79 Å². The van der Waals surface area contributed by atoms with Gasteiger partial charge >= 0.3 is 5.97 Å². The topological polar surface area (TPSA) is 90.5 Å². The molecule has 1 aromatic carbocycles. The summed E-state index contributed by atoms with van der Waals surface area (Å²) in [6.07, 6.45) is -0.845. The predicted octanol–water partition coefficient (Wildman–Crippen LogP) is 2.89. The fraction of sp³-hybridized carbons (Fsp3) is 0.308. The number of aromatic carboxylic acids is 1. The third-order valence-electron chi connectivity index (χ3n) is 2.60. The number of hydrogen-bond acceptors (Lipinski definition) is 3. The van der Waals surface area contributed by atoms with Crippen LogP contribution in [0.15, 0.2) is 24.3 Å². The number of carboxylic acids is 1. The van der Waals surface area contributed by atoms with Gasteiger partial charge in [-0.3, -0.25) is 4.79 Å². The van der Waals surface area contributed by atoms with Gasteiger partial charge in [0, 0.05) is 12.1 Å². The number of carbonyl (C=O) groups is 2. The second-order valence-electron chi connectivity index (χ2n) is 4.38. The summed E-state index contributed by atoms with van der Waals surface area (Å²) in [5.74, 6) is -1.40. The normalized spacial score (nSPS) is 12.2. The van der Waals surface area contributed by atoms with E-state index in [0.29, 0.717) is 5.69 Å². The van der Waals surface area contributed by atoms with Crippen LogP contribution in [0, 0.1) is 0 Å². The average Bonchev–Trinajstić information content (AvgIpc) is 2.45. The van der Waals surface area contributed by atoms with Crippen LogP contribution in [0.25, 0.3) is 0 Å². The molecule has 0 bridgehead atoms. The first-order valence-corrected chi connectivity index (χ1v) is 7.94. The molecular formula is C13H14Cl3N3O3S. The van der Waals surface area contributed by atoms with E-state index in [1.54, 1.807) is 19.1 Å². The fourth-order valence-corrected chi connectivity index (χ4v) is 2.05. The molecule has 0 spiro atoms. The highest BCUT2D eigenvalue weighted by molar-refractivity contribution is 7.80.